The van der Waals surface area contributed by atoms with E-state index in [-0.39, 0.29) is 19.3 Å². The molecule has 0 aromatic heterocycles. The van der Waals surface area contributed by atoms with E-state index in [1.165, 1.54) is 0 Å². The number of methoxy groups -OCH3 is 1. The normalized spacial score (nSPS) is 13.3. The summed E-state index contributed by atoms with van der Waals surface area (Å²) in [4.78, 5) is 0. The second-order valence-corrected chi connectivity index (χ2v) is 4.53. The Balaban J connectivity index is 2.64. The fourth-order valence-electron chi connectivity index (χ4n) is 1.84. The summed E-state index contributed by atoms with van der Waals surface area (Å²) in [7, 11) is 3.30. The first-order valence-corrected chi connectivity index (χ1v) is 6.33. The third-order valence-corrected chi connectivity index (χ3v) is 2.92. The zero-order valence-corrected chi connectivity index (χ0v) is 11.9. The Kier molecular flexibility index (Phi) is 6.29. The summed E-state index contributed by atoms with van der Waals surface area (Å²) >= 11 is 0. The Morgan fingerprint density at radius 3 is 2.55 bits per heavy atom. The van der Waals surface area contributed by atoms with Crippen molar-refractivity contribution in [2.75, 3.05) is 27.4 Å². The summed E-state index contributed by atoms with van der Waals surface area (Å²) in [6, 6.07) is 5.48. The molecule has 0 aliphatic heterocycles. The maximum absolute atomic E-state index is 12.0. The van der Waals surface area contributed by atoms with Crippen LogP contribution in [0.25, 0.3) is 0 Å². The highest BCUT2D eigenvalue weighted by Gasteiger charge is 2.26. The predicted molar refractivity (Wildman–Crippen MR) is 71.0 cm³/mol. The van der Waals surface area contributed by atoms with Crippen LogP contribution in [0, 0.1) is 6.92 Å². The van der Waals surface area contributed by atoms with Crippen molar-refractivity contribution in [3.63, 3.8) is 0 Å². The van der Waals surface area contributed by atoms with Crippen LogP contribution >= 0.6 is 0 Å². The van der Waals surface area contributed by atoms with Crippen LogP contribution in [-0.4, -0.2) is 33.5 Å². The fourth-order valence-corrected chi connectivity index (χ4v) is 1.84. The van der Waals surface area contributed by atoms with Crippen molar-refractivity contribution in [3.8, 4) is 5.75 Å². The molecule has 0 fully saturated rings. The van der Waals surface area contributed by atoms with E-state index in [4.69, 9.17) is 9.47 Å². The number of aryl methyl sites for hydroxylation is 1. The number of ether oxygens (including phenoxy) is 2. The van der Waals surface area contributed by atoms with Gasteiger partial charge in [0, 0.05) is 5.56 Å². The first kappa shape index (κ1) is 16.8. The van der Waals surface area contributed by atoms with E-state index in [9.17, 15) is 13.2 Å². The van der Waals surface area contributed by atoms with Crippen LogP contribution in [0.3, 0.4) is 0 Å². The predicted octanol–water partition coefficient (Wildman–Crippen LogP) is 3.23. The number of benzene rings is 1. The SMILES string of the molecule is CNC(COCCC(F)(F)F)c1cc(C)ccc1OC. The monoisotopic (exact) mass is 291 g/mol. The van der Waals surface area contributed by atoms with Crippen LogP contribution in [0.5, 0.6) is 5.75 Å². The quantitative estimate of drug-likeness (QED) is 0.782. The highest BCUT2D eigenvalue weighted by molar-refractivity contribution is 5.39. The second kappa shape index (κ2) is 7.50. The van der Waals surface area contributed by atoms with E-state index in [1.54, 1.807) is 14.2 Å². The Morgan fingerprint density at radius 2 is 2.00 bits per heavy atom. The molecule has 0 heterocycles. The lowest BCUT2D eigenvalue weighted by Gasteiger charge is -2.20. The van der Waals surface area contributed by atoms with Crippen molar-refractivity contribution in [2.24, 2.45) is 0 Å². The summed E-state index contributed by atoms with van der Waals surface area (Å²) in [6.45, 7) is 1.77. The average Bonchev–Trinajstić information content (AvgIpc) is 2.37. The summed E-state index contributed by atoms with van der Waals surface area (Å²) < 4.78 is 46.5. The van der Waals surface area contributed by atoms with Crippen LogP contribution in [0.2, 0.25) is 0 Å². The van der Waals surface area contributed by atoms with E-state index in [0.717, 1.165) is 11.1 Å². The lowest BCUT2D eigenvalue weighted by Crippen LogP contribution is -2.23. The fraction of sp³-hybridized carbons (Fsp3) is 0.571. The first-order chi connectivity index (χ1) is 9.37. The molecular weight excluding hydrogens is 271 g/mol. The standard InChI is InChI=1S/C14H20F3NO2/c1-10-4-5-13(19-3)11(8-10)12(18-2)9-20-7-6-14(15,16)17/h4-5,8,12,18H,6-7,9H2,1-3H3. The Morgan fingerprint density at radius 1 is 1.30 bits per heavy atom. The minimum absolute atomic E-state index is 0.159. The zero-order chi connectivity index (χ0) is 15.2. The molecule has 0 aliphatic rings. The van der Waals surface area contributed by atoms with Gasteiger partial charge in [-0.15, -0.1) is 0 Å². The van der Waals surface area contributed by atoms with Crippen molar-refractivity contribution in [3.05, 3.63) is 29.3 Å². The van der Waals surface area contributed by atoms with Crippen molar-refractivity contribution in [1.29, 1.82) is 0 Å². The molecule has 0 saturated heterocycles. The third-order valence-electron chi connectivity index (χ3n) is 2.92. The molecule has 1 aromatic rings. The van der Waals surface area contributed by atoms with Crippen molar-refractivity contribution in [2.45, 2.75) is 25.6 Å². The number of hydrogen-bond donors (Lipinski definition) is 1. The molecule has 0 radical (unpaired) electrons. The molecule has 1 rings (SSSR count). The smallest absolute Gasteiger partial charge is 0.391 e. The topological polar surface area (TPSA) is 30.5 Å². The van der Waals surface area contributed by atoms with Gasteiger partial charge < -0.3 is 14.8 Å². The number of rotatable bonds is 7. The molecule has 20 heavy (non-hydrogen) atoms. The third kappa shape index (κ3) is 5.38. The van der Waals surface area contributed by atoms with Crippen molar-refractivity contribution >= 4 is 0 Å². The van der Waals surface area contributed by atoms with Crippen LogP contribution in [0.15, 0.2) is 18.2 Å². The Hall–Kier alpha value is -1.27. The molecule has 1 unspecified atom stereocenters. The summed E-state index contributed by atoms with van der Waals surface area (Å²) in [5.41, 5.74) is 1.93. The number of nitrogens with one attached hydrogen (secondary N) is 1. The first-order valence-electron chi connectivity index (χ1n) is 6.33. The van der Waals surface area contributed by atoms with E-state index in [0.29, 0.717) is 5.75 Å². The van der Waals surface area contributed by atoms with Gasteiger partial charge in [-0.25, -0.2) is 0 Å². The minimum atomic E-state index is -4.18. The highest BCUT2D eigenvalue weighted by atomic mass is 19.4. The minimum Gasteiger partial charge on any atom is -0.496 e. The van der Waals surface area contributed by atoms with E-state index >= 15 is 0 Å². The largest absolute Gasteiger partial charge is 0.496 e. The molecule has 3 nitrogen and oxygen atoms in total. The van der Waals surface area contributed by atoms with Crippen LogP contribution in [0.1, 0.15) is 23.6 Å². The van der Waals surface area contributed by atoms with Crippen molar-refractivity contribution in [1.82, 2.24) is 5.32 Å². The molecule has 0 amide bonds. The zero-order valence-electron chi connectivity index (χ0n) is 11.9. The molecule has 0 saturated carbocycles. The van der Waals surface area contributed by atoms with Crippen LogP contribution in [0.4, 0.5) is 13.2 Å². The van der Waals surface area contributed by atoms with Gasteiger partial charge in [0.15, 0.2) is 0 Å². The number of hydrogen-bond acceptors (Lipinski definition) is 3. The highest BCUT2D eigenvalue weighted by Crippen LogP contribution is 2.27. The lowest BCUT2D eigenvalue weighted by molar-refractivity contribution is -0.145. The number of alkyl halides is 3. The number of halogens is 3. The maximum atomic E-state index is 12.0. The molecule has 0 aliphatic carbocycles. The van der Waals surface area contributed by atoms with E-state index in [1.807, 2.05) is 25.1 Å². The second-order valence-electron chi connectivity index (χ2n) is 4.53. The van der Waals surface area contributed by atoms with Gasteiger partial charge in [-0.3, -0.25) is 0 Å². The van der Waals surface area contributed by atoms with Gasteiger partial charge in [-0.05, 0) is 20.0 Å². The summed E-state index contributed by atoms with van der Waals surface area (Å²) in [5, 5.41) is 3.03. The van der Waals surface area contributed by atoms with Gasteiger partial charge in [0.25, 0.3) is 0 Å². The lowest BCUT2D eigenvalue weighted by atomic mass is 10.0. The molecule has 1 atom stereocenters. The van der Waals surface area contributed by atoms with Gasteiger partial charge in [-0.2, -0.15) is 13.2 Å². The van der Waals surface area contributed by atoms with Gasteiger partial charge in [0.05, 0.1) is 32.8 Å². The Labute approximate surface area is 117 Å². The van der Waals surface area contributed by atoms with Gasteiger partial charge in [0.2, 0.25) is 0 Å². The molecule has 0 spiro atoms. The summed E-state index contributed by atoms with van der Waals surface area (Å²) in [5.74, 6) is 0.689. The van der Waals surface area contributed by atoms with Gasteiger partial charge in [-0.1, -0.05) is 17.7 Å². The number of likely N-dealkylation sites (N-methyl/N-ethyl adjacent to an activating group) is 1. The van der Waals surface area contributed by atoms with Crippen molar-refractivity contribution < 1.29 is 22.6 Å². The van der Waals surface area contributed by atoms with Gasteiger partial charge >= 0.3 is 6.18 Å². The molecule has 1 N–H and O–H groups in total. The average molecular weight is 291 g/mol. The van der Waals surface area contributed by atoms with E-state index in [2.05, 4.69) is 5.32 Å². The maximum Gasteiger partial charge on any atom is 0.391 e. The molecule has 1 aromatic carbocycles. The molecule has 0 bridgehead atoms. The molecular formula is C14H20F3NO2. The molecule has 114 valence electrons. The van der Waals surface area contributed by atoms with Crippen LogP contribution < -0.4 is 10.1 Å². The summed E-state index contributed by atoms with van der Waals surface area (Å²) in [6.07, 6.45) is -5.12. The van der Waals surface area contributed by atoms with Crippen LogP contribution in [-0.2, 0) is 4.74 Å². The Bertz CT molecular complexity index is 421. The molecule has 6 heteroatoms. The van der Waals surface area contributed by atoms with Gasteiger partial charge in [0.1, 0.15) is 5.75 Å². The van der Waals surface area contributed by atoms with E-state index < -0.39 is 12.6 Å².